The Morgan fingerprint density at radius 1 is 0.417 bits per heavy atom. The standard InChI is InChI=1S/C27H21N9/c28-34-31-16-22-25(19-10-4-1-5-11-19)23(17-32-35-29)27(21-14-8-3-9-15-21)24(18-33-36-30)26(22)20-12-6-2-7-13-20/h1-15H,16-18H2. The van der Waals surface area contributed by atoms with Crippen LogP contribution in [0.25, 0.3) is 64.7 Å². The van der Waals surface area contributed by atoms with E-state index in [1.54, 1.807) is 0 Å². The molecule has 0 radical (unpaired) electrons. The maximum absolute atomic E-state index is 9.23. The topological polar surface area (TPSA) is 146 Å². The Kier molecular flexibility index (Phi) is 7.84. The van der Waals surface area contributed by atoms with E-state index >= 15 is 0 Å². The molecule has 4 aromatic rings. The van der Waals surface area contributed by atoms with Crippen molar-refractivity contribution in [3.63, 3.8) is 0 Å². The van der Waals surface area contributed by atoms with Gasteiger partial charge in [0, 0.05) is 14.7 Å². The molecule has 0 atom stereocenters. The number of nitrogens with zero attached hydrogens (tertiary/aromatic N) is 9. The molecule has 0 amide bonds. The van der Waals surface area contributed by atoms with Crippen molar-refractivity contribution in [3.05, 3.63) is 139 Å². The summed E-state index contributed by atoms with van der Waals surface area (Å²) < 4.78 is 0. The molecule has 36 heavy (non-hydrogen) atoms. The van der Waals surface area contributed by atoms with E-state index in [-0.39, 0.29) is 19.6 Å². The minimum atomic E-state index is 0.0621. The zero-order valence-corrected chi connectivity index (χ0v) is 19.3. The van der Waals surface area contributed by atoms with Crippen LogP contribution in [0.4, 0.5) is 0 Å². The molecule has 0 aromatic heterocycles. The van der Waals surface area contributed by atoms with Crippen LogP contribution in [0, 0.1) is 0 Å². The number of hydrogen-bond acceptors (Lipinski definition) is 3. The molecule has 4 aromatic carbocycles. The predicted molar refractivity (Wildman–Crippen MR) is 141 cm³/mol. The lowest BCUT2D eigenvalue weighted by molar-refractivity contribution is 0.981. The first-order chi connectivity index (χ1) is 17.8. The smallest absolute Gasteiger partial charge is 0.0523 e. The largest absolute Gasteiger partial charge is 0.0892 e. The van der Waals surface area contributed by atoms with Gasteiger partial charge in [-0.05, 0) is 66.7 Å². The van der Waals surface area contributed by atoms with E-state index in [4.69, 9.17) is 0 Å². The Balaban J connectivity index is 2.29. The van der Waals surface area contributed by atoms with Gasteiger partial charge >= 0.3 is 0 Å². The maximum Gasteiger partial charge on any atom is 0.0523 e. The Morgan fingerprint density at radius 2 is 0.667 bits per heavy atom. The minimum absolute atomic E-state index is 0.0621. The number of azide groups is 3. The summed E-state index contributed by atoms with van der Waals surface area (Å²) in [5, 5.41) is 11.8. The van der Waals surface area contributed by atoms with Gasteiger partial charge in [-0.3, -0.25) is 0 Å². The molecule has 0 unspecified atom stereocenters. The third-order valence-corrected chi connectivity index (χ3v) is 5.87. The first-order valence-electron chi connectivity index (χ1n) is 11.2. The number of hydrogen-bond donors (Lipinski definition) is 0. The van der Waals surface area contributed by atoms with E-state index in [1.807, 2.05) is 91.0 Å². The van der Waals surface area contributed by atoms with Crippen molar-refractivity contribution in [2.45, 2.75) is 19.6 Å². The van der Waals surface area contributed by atoms with Crippen LogP contribution in [-0.4, -0.2) is 0 Å². The van der Waals surface area contributed by atoms with Gasteiger partial charge in [-0.2, -0.15) is 0 Å². The molecular weight excluding hydrogens is 450 g/mol. The molecule has 0 fully saturated rings. The van der Waals surface area contributed by atoms with Crippen LogP contribution in [-0.2, 0) is 19.6 Å². The Bertz CT molecular complexity index is 1290. The minimum Gasteiger partial charge on any atom is -0.0892 e. The quantitative estimate of drug-likeness (QED) is 0.130. The molecule has 0 saturated carbocycles. The summed E-state index contributed by atoms with van der Waals surface area (Å²) in [5.74, 6) is 0. The van der Waals surface area contributed by atoms with Gasteiger partial charge in [0.15, 0.2) is 0 Å². The van der Waals surface area contributed by atoms with Crippen LogP contribution < -0.4 is 0 Å². The van der Waals surface area contributed by atoms with Crippen LogP contribution in [0.2, 0.25) is 0 Å². The molecule has 0 heterocycles. The number of rotatable bonds is 9. The third kappa shape index (κ3) is 4.99. The SMILES string of the molecule is [N-]=[N+]=NCc1c(-c2ccccc2)c(CN=[N+]=[N-])c(-c2ccccc2)c(CN=[N+]=[N-])c1-c1ccccc1. The predicted octanol–water partition coefficient (Wildman–Crippen LogP) is 9.12. The van der Waals surface area contributed by atoms with Crippen LogP contribution in [0.15, 0.2) is 106 Å². The van der Waals surface area contributed by atoms with E-state index in [1.165, 1.54) is 0 Å². The number of benzene rings is 4. The fraction of sp³-hybridized carbons (Fsp3) is 0.111. The Morgan fingerprint density at radius 3 is 0.889 bits per heavy atom. The van der Waals surface area contributed by atoms with Crippen LogP contribution in [0.5, 0.6) is 0 Å². The second-order valence-electron chi connectivity index (χ2n) is 7.83. The lowest BCUT2D eigenvalue weighted by atomic mass is 9.79. The molecule has 0 bridgehead atoms. The highest BCUT2D eigenvalue weighted by atomic mass is 15.1. The average Bonchev–Trinajstić information content (AvgIpc) is 2.94. The summed E-state index contributed by atoms with van der Waals surface area (Å²) in [5.41, 5.74) is 35.2. The molecule has 0 N–H and O–H groups in total. The van der Waals surface area contributed by atoms with Crippen molar-refractivity contribution in [1.29, 1.82) is 0 Å². The van der Waals surface area contributed by atoms with E-state index in [0.717, 1.165) is 50.1 Å². The van der Waals surface area contributed by atoms with Gasteiger partial charge in [0.05, 0.1) is 19.6 Å². The van der Waals surface area contributed by atoms with Gasteiger partial charge in [0.1, 0.15) is 0 Å². The lowest BCUT2D eigenvalue weighted by Gasteiger charge is -2.26. The zero-order chi connectivity index (χ0) is 25.2. The molecule has 0 saturated heterocycles. The van der Waals surface area contributed by atoms with Gasteiger partial charge < -0.3 is 0 Å². The molecule has 4 rings (SSSR count). The van der Waals surface area contributed by atoms with Crippen molar-refractivity contribution < 1.29 is 0 Å². The van der Waals surface area contributed by atoms with E-state index in [2.05, 4.69) is 30.1 Å². The van der Waals surface area contributed by atoms with Crippen molar-refractivity contribution in [1.82, 2.24) is 0 Å². The maximum atomic E-state index is 9.23. The second kappa shape index (κ2) is 11.8. The first kappa shape index (κ1) is 24.0. The summed E-state index contributed by atoms with van der Waals surface area (Å²) in [6.45, 7) is 0.186. The van der Waals surface area contributed by atoms with Crippen molar-refractivity contribution >= 4 is 0 Å². The summed E-state index contributed by atoms with van der Waals surface area (Å²) >= 11 is 0. The highest BCUT2D eigenvalue weighted by Gasteiger charge is 2.25. The monoisotopic (exact) mass is 471 g/mol. The van der Waals surface area contributed by atoms with Crippen molar-refractivity contribution in [3.8, 4) is 33.4 Å². The third-order valence-electron chi connectivity index (χ3n) is 5.87. The first-order valence-corrected chi connectivity index (χ1v) is 11.2. The van der Waals surface area contributed by atoms with Gasteiger partial charge in [-0.15, -0.1) is 0 Å². The van der Waals surface area contributed by atoms with E-state index < -0.39 is 0 Å². The zero-order valence-electron chi connectivity index (χ0n) is 19.3. The average molecular weight is 472 g/mol. The fourth-order valence-corrected chi connectivity index (χ4v) is 4.56. The fourth-order valence-electron chi connectivity index (χ4n) is 4.56. The van der Waals surface area contributed by atoms with E-state index in [0.29, 0.717) is 0 Å². The molecule has 0 aliphatic heterocycles. The van der Waals surface area contributed by atoms with Crippen molar-refractivity contribution in [2.75, 3.05) is 0 Å². The van der Waals surface area contributed by atoms with Crippen LogP contribution in [0.1, 0.15) is 16.7 Å². The van der Waals surface area contributed by atoms with Gasteiger partial charge in [-0.1, -0.05) is 106 Å². The Labute approximate surface area is 207 Å². The normalized spacial score (nSPS) is 10.0. The summed E-state index contributed by atoms with van der Waals surface area (Å²) in [6.07, 6.45) is 0. The van der Waals surface area contributed by atoms with Gasteiger partial charge in [0.2, 0.25) is 0 Å². The highest BCUT2D eigenvalue weighted by Crippen LogP contribution is 2.46. The highest BCUT2D eigenvalue weighted by molar-refractivity contribution is 5.92. The molecular formula is C27H21N9. The Hall–Kier alpha value is -5.19. The van der Waals surface area contributed by atoms with Crippen molar-refractivity contribution in [2.24, 2.45) is 15.3 Å². The summed E-state index contributed by atoms with van der Waals surface area (Å²) in [6, 6.07) is 29.2. The van der Waals surface area contributed by atoms with E-state index in [9.17, 15) is 16.6 Å². The molecule has 9 heteroatoms. The second-order valence-corrected chi connectivity index (χ2v) is 7.83. The molecule has 9 nitrogen and oxygen atoms in total. The lowest BCUT2D eigenvalue weighted by Crippen LogP contribution is -2.07. The molecule has 174 valence electrons. The summed E-state index contributed by atoms with van der Waals surface area (Å²) in [4.78, 5) is 9.08. The van der Waals surface area contributed by atoms with Crippen LogP contribution in [0.3, 0.4) is 0 Å². The van der Waals surface area contributed by atoms with Gasteiger partial charge in [0.25, 0.3) is 0 Å². The van der Waals surface area contributed by atoms with Gasteiger partial charge in [-0.25, -0.2) is 0 Å². The van der Waals surface area contributed by atoms with Crippen LogP contribution >= 0.6 is 0 Å². The molecule has 0 aliphatic rings. The molecule has 0 aliphatic carbocycles. The molecule has 0 spiro atoms. The summed E-state index contributed by atoms with van der Waals surface area (Å²) in [7, 11) is 0.